The highest BCUT2D eigenvalue weighted by molar-refractivity contribution is 5.97. The van der Waals surface area contributed by atoms with Crippen LogP contribution in [0.25, 0.3) is 0 Å². The van der Waals surface area contributed by atoms with Crippen molar-refractivity contribution in [1.29, 1.82) is 0 Å². The number of amides is 2. The second-order valence-electron chi connectivity index (χ2n) is 8.06. The van der Waals surface area contributed by atoms with Gasteiger partial charge in [0.1, 0.15) is 6.04 Å². The van der Waals surface area contributed by atoms with Gasteiger partial charge in [0.25, 0.3) is 5.91 Å². The summed E-state index contributed by atoms with van der Waals surface area (Å²) in [7, 11) is 0. The van der Waals surface area contributed by atoms with E-state index < -0.39 is 17.8 Å². The Bertz CT molecular complexity index is 926. The van der Waals surface area contributed by atoms with Gasteiger partial charge in [-0.05, 0) is 36.2 Å². The van der Waals surface area contributed by atoms with Crippen molar-refractivity contribution in [3.63, 3.8) is 0 Å². The third-order valence-electron chi connectivity index (χ3n) is 5.93. The lowest BCUT2D eigenvalue weighted by molar-refractivity contribution is -0.137. The number of hydrogen-bond acceptors (Lipinski definition) is 3. The summed E-state index contributed by atoms with van der Waals surface area (Å²) in [6.07, 6.45) is -3.68. The van der Waals surface area contributed by atoms with Crippen LogP contribution in [0, 0.1) is 5.92 Å². The van der Waals surface area contributed by atoms with E-state index in [1.807, 2.05) is 24.8 Å². The maximum absolute atomic E-state index is 13.2. The number of hydrogen-bond donors (Lipinski definition) is 1. The van der Waals surface area contributed by atoms with Crippen molar-refractivity contribution in [2.24, 2.45) is 5.92 Å². The van der Waals surface area contributed by atoms with Crippen LogP contribution in [-0.4, -0.2) is 48.9 Å². The largest absolute Gasteiger partial charge is 0.416 e. The maximum atomic E-state index is 13.2. The standard InChI is InChI=1S/C24H28F3N3O2/c1-3-17(2)21(28-22(31)18-8-5-4-6-9-18)23(32)30-14-12-29(13-15-30)20-11-7-10-19(16-20)24(25,26)27/h4-11,16-17,21H,3,12-15H2,1-2H3,(H,28,31). The Morgan fingerprint density at radius 3 is 2.25 bits per heavy atom. The highest BCUT2D eigenvalue weighted by Gasteiger charge is 2.33. The van der Waals surface area contributed by atoms with Gasteiger partial charge in [-0.1, -0.05) is 44.5 Å². The molecule has 2 aromatic carbocycles. The predicted molar refractivity (Wildman–Crippen MR) is 117 cm³/mol. The molecule has 2 amide bonds. The number of rotatable bonds is 6. The molecule has 172 valence electrons. The molecular weight excluding hydrogens is 419 g/mol. The van der Waals surface area contributed by atoms with Crippen LogP contribution >= 0.6 is 0 Å². The molecule has 1 aliphatic rings. The maximum Gasteiger partial charge on any atom is 0.416 e. The minimum atomic E-state index is -4.39. The molecule has 1 saturated heterocycles. The van der Waals surface area contributed by atoms with Crippen LogP contribution in [0.3, 0.4) is 0 Å². The summed E-state index contributed by atoms with van der Waals surface area (Å²) in [5, 5.41) is 2.88. The molecule has 5 nitrogen and oxygen atoms in total. The van der Waals surface area contributed by atoms with Gasteiger partial charge in [0, 0.05) is 37.4 Å². The Balaban J connectivity index is 1.66. The van der Waals surface area contributed by atoms with Crippen LogP contribution in [0.1, 0.15) is 36.2 Å². The van der Waals surface area contributed by atoms with E-state index in [9.17, 15) is 22.8 Å². The summed E-state index contributed by atoms with van der Waals surface area (Å²) in [5.41, 5.74) is 0.291. The molecule has 1 heterocycles. The van der Waals surface area contributed by atoms with Crippen molar-refractivity contribution in [2.45, 2.75) is 32.5 Å². The first-order chi connectivity index (χ1) is 15.2. The second-order valence-corrected chi connectivity index (χ2v) is 8.06. The van der Waals surface area contributed by atoms with E-state index >= 15 is 0 Å². The van der Waals surface area contributed by atoms with Crippen molar-refractivity contribution in [1.82, 2.24) is 10.2 Å². The summed E-state index contributed by atoms with van der Waals surface area (Å²) < 4.78 is 39.1. The molecule has 32 heavy (non-hydrogen) atoms. The zero-order valence-corrected chi connectivity index (χ0v) is 18.2. The number of carbonyl (C=O) groups is 2. The van der Waals surface area contributed by atoms with Crippen LogP contribution in [0.4, 0.5) is 18.9 Å². The minimum Gasteiger partial charge on any atom is -0.368 e. The van der Waals surface area contributed by atoms with Gasteiger partial charge in [-0.2, -0.15) is 13.2 Å². The molecule has 3 rings (SSSR count). The SMILES string of the molecule is CCC(C)C(NC(=O)c1ccccc1)C(=O)N1CCN(c2cccc(C(F)(F)F)c2)CC1. The molecule has 2 atom stereocenters. The van der Waals surface area contributed by atoms with E-state index in [4.69, 9.17) is 0 Å². The van der Waals surface area contributed by atoms with Crippen LogP contribution in [0.2, 0.25) is 0 Å². The summed E-state index contributed by atoms with van der Waals surface area (Å²) in [6.45, 7) is 5.49. The fourth-order valence-corrected chi connectivity index (χ4v) is 3.76. The fraction of sp³-hybridized carbons (Fsp3) is 0.417. The van der Waals surface area contributed by atoms with Gasteiger partial charge in [-0.25, -0.2) is 0 Å². The quantitative estimate of drug-likeness (QED) is 0.722. The Morgan fingerprint density at radius 1 is 1.00 bits per heavy atom. The lowest BCUT2D eigenvalue weighted by Gasteiger charge is -2.38. The van der Waals surface area contributed by atoms with Gasteiger partial charge >= 0.3 is 6.18 Å². The number of alkyl halides is 3. The molecule has 1 aliphatic heterocycles. The Hall–Kier alpha value is -3.03. The minimum absolute atomic E-state index is 0.0586. The normalized spacial score (nSPS) is 16.4. The zero-order chi connectivity index (χ0) is 23.3. The van der Waals surface area contributed by atoms with Crippen LogP contribution in [-0.2, 0) is 11.0 Å². The fourth-order valence-electron chi connectivity index (χ4n) is 3.76. The first-order valence-electron chi connectivity index (χ1n) is 10.8. The van der Waals surface area contributed by atoms with Gasteiger partial charge in [-0.15, -0.1) is 0 Å². The molecule has 2 unspecified atom stereocenters. The third kappa shape index (κ3) is 5.60. The molecule has 0 aliphatic carbocycles. The third-order valence-corrected chi connectivity index (χ3v) is 5.93. The predicted octanol–water partition coefficient (Wildman–Crippen LogP) is 4.20. The zero-order valence-electron chi connectivity index (χ0n) is 18.2. The highest BCUT2D eigenvalue weighted by Crippen LogP contribution is 2.32. The Labute approximate surface area is 186 Å². The van der Waals surface area contributed by atoms with Crippen molar-refractivity contribution in [2.75, 3.05) is 31.1 Å². The lowest BCUT2D eigenvalue weighted by Crippen LogP contribution is -2.56. The Kier molecular flexibility index (Phi) is 7.43. The molecule has 0 aromatic heterocycles. The summed E-state index contributed by atoms with van der Waals surface area (Å²) in [4.78, 5) is 29.4. The number of benzene rings is 2. The molecule has 1 N–H and O–H groups in total. The number of carbonyl (C=O) groups excluding carboxylic acids is 2. The van der Waals surface area contributed by atoms with Crippen LogP contribution in [0.15, 0.2) is 54.6 Å². The van der Waals surface area contributed by atoms with Crippen molar-refractivity contribution in [3.05, 3.63) is 65.7 Å². The summed E-state index contributed by atoms with van der Waals surface area (Å²) >= 11 is 0. The van der Waals surface area contributed by atoms with E-state index in [1.165, 1.54) is 6.07 Å². The topological polar surface area (TPSA) is 52.7 Å². The number of halogens is 3. The van der Waals surface area contributed by atoms with Crippen molar-refractivity contribution in [3.8, 4) is 0 Å². The van der Waals surface area contributed by atoms with Crippen LogP contribution < -0.4 is 10.2 Å². The number of piperazine rings is 1. The molecule has 2 aromatic rings. The molecule has 0 saturated carbocycles. The van der Waals surface area contributed by atoms with Gasteiger partial charge in [-0.3, -0.25) is 9.59 Å². The van der Waals surface area contributed by atoms with Crippen LogP contribution in [0.5, 0.6) is 0 Å². The van der Waals surface area contributed by atoms with Crippen molar-refractivity contribution < 1.29 is 22.8 Å². The van der Waals surface area contributed by atoms with E-state index in [1.54, 1.807) is 35.2 Å². The van der Waals surface area contributed by atoms with Gasteiger partial charge < -0.3 is 15.1 Å². The average Bonchev–Trinajstić information content (AvgIpc) is 2.81. The van der Waals surface area contributed by atoms with E-state index in [0.29, 0.717) is 37.4 Å². The van der Waals surface area contributed by atoms with Gasteiger partial charge in [0.05, 0.1) is 5.56 Å². The Morgan fingerprint density at radius 2 is 1.66 bits per heavy atom. The highest BCUT2D eigenvalue weighted by atomic mass is 19.4. The molecular formula is C24H28F3N3O2. The summed E-state index contributed by atoms with van der Waals surface area (Å²) in [5.74, 6) is -0.518. The number of anilines is 1. The van der Waals surface area contributed by atoms with Gasteiger partial charge in [0.2, 0.25) is 5.91 Å². The molecule has 8 heteroatoms. The summed E-state index contributed by atoms with van der Waals surface area (Å²) in [6, 6.07) is 13.3. The van der Waals surface area contributed by atoms with E-state index in [0.717, 1.165) is 18.6 Å². The smallest absolute Gasteiger partial charge is 0.368 e. The first-order valence-corrected chi connectivity index (χ1v) is 10.8. The first kappa shape index (κ1) is 23.6. The second kappa shape index (κ2) is 10.1. The molecule has 1 fully saturated rings. The number of nitrogens with one attached hydrogen (secondary N) is 1. The lowest BCUT2D eigenvalue weighted by atomic mass is 9.97. The molecule has 0 bridgehead atoms. The number of nitrogens with zero attached hydrogens (tertiary/aromatic N) is 2. The molecule has 0 radical (unpaired) electrons. The molecule has 0 spiro atoms. The van der Waals surface area contributed by atoms with Gasteiger partial charge in [0.15, 0.2) is 0 Å². The monoisotopic (exact) mass is 447 g/mol. The van der Waals surface area contributed by atoms with Crippen molar-refractivity contribution >= 4 is 17.5 Å². The van der Waals surface area contributed by atoms with E-state index in [-0.39, 0.29) is 17.7 Å². The average molecular weight is 448 g/mol. The van der Waals surface area contributed by atoms with E-state index in [2.05, 4.69) is 5.32 Å².